The zero-order valence-corrected chi connectivity index (χ0v) is 17.6. The molecular formula is C28H25NO3. The van der Waals surface area contributed by atoms with Gasteiger partial charge in [0.1, 0.15) is 18.0 Å². The van der Waals surface area contributed by atoms with Gasteiger partial charge in [-0.15, -0.1) is 0 Å². The molecule has 3 N–H and O–H groups in total. The molecule has 1 saturated heterocycles. The minimum atomic E-state index is -1.31. The first-order valence-corrected chi connectivity index (χ1v) is 10.8. The molecule has 0 saturated carbocycles. The van der Waals surface area contributed by atoms with Gasteiger partial charge in [-0.3, -0.25) is 0 Å². The van der Waals surface area contributed by atoms with Crippen LogP contribution in [0.1, 0.15) is 16.7 Å². The summed E-state index contributed by atoms with van der Waals surface area (Å²) in [4.78, 5) is 0. The molecule has 3 aromatic rings. The molecule has 1 heterocycles. The molecular weight excluding hydrogens is 398 g/mol. The monoisotopic (exact) mass is 423 g/mol. The van der Waals surface area contributed by atoms with Gasteiger partial charge in [-0.05, 0) is 41.3 Å². The molecule has 1 aliphatic heterocycles. The normalized spacial score (nSPS) is 20.0. The highest BCUT2D eigenvalue weighted by Crippen LogP contribution is 2.43. The number of allylic oxidation sites excluding steroid dienone is 3. The van der Waals surface area contributed by atoms with Gasteiger partial charge in [0.05, 0.1) is 6.04 Å². The van der Waals surface area contributed by atoms with Crippen molar-refractivity contribution in [3.05, 3.63) is 137 Å². The van der Waals surface area contributed by atoms with E-state index < -0.39 is 5.60 Å². The Kier molecular flexibility index (Phi) is 5.29. The molecule has 2 aliphatic rings. The number of rotatable bonds is 5. The highest BCUT2D eigenvalue weighted by Gasteiger charge is 2.40. The van der Waals surface area contributed by atoms with Gasteiger partial charge in [-0.1, -0.05) is 84.9 Å². The van der Waals surface area contributed by atoms with Crippen LogP contribution < -0.4 is 5.32 Å². The van der Waals surface area contributed by atoms with Gasteiger partial charge in [0.25, 0.3) is 0 Å². The summed E-state index contributed by atoms with van der Waals surface area (Å²) in [5, 5.41) is 25.2. The Labute approximate surface area is 187 Å². The van der Waals surface area contributed by atoms with Gasteiger partial charge < -0.3 is 20.3 Å². The second-order valence-electron chi connectivity index (χ2n) is 8.15. The van der Waals surface area contributed by atoms with Crippen LogP contribution >= 0.6 is 0 Å². The summed E-state index contributed by atoms with van der Waals surface area (Å²) in [5.41, 5.74) is 3.05. The highest BCUT2D eigenvalue weighted by molar-refractivity contribution is 5.60. The van der Waals surface area contributed by atoms with Crippen molar-refractivity contribution in [1.82, 2.24) is 5.32 Å². The average molecular weight is 424 g/mol. The van der Waals surface area contributed by atoms with E-state index in [1.54, 1.807) is 12.1 Å². The van der Waals surface area contributed by atoms with Crippen molar-refractivity contribution >= 4 is 0 Å². The minimum absolute atomic E-state index is 0.110. The van der Waals surface area contributed by atoms with Crippen LogP contribution in [0.3, 0.4) is 0 Å². The molecule has 0 radical (unpaired) electrons. The highest BCUT2D eigenvalue weighted by atomic mass is 16.5. The number of phenolic OH excluding ortho intramolecular Hbond substituents is 1. The van der Waals surface area contributed by atoms with E-state index in [9.17, 15) is 10.2 Å². The maximum Gasteiger partial charge on any atom is 0.194 e. The van der Waals surface area contributed by atoms with Crippen LogP contribution in [0.5, 0.6) is 5.75 Å². The van der Waals surface area contributed by atoms with Gasteiger partial charge in [0, 0.05) is 11.1 Å². The molecule has 32 heavy (non-hydrogen) atoms. The molecule has 1 atom stereocenters. The zero-order valence-electron chi connectivity index (χ0n) is 17.6. The van der Waals surface area contributed by atoms with Crippen LogP contribution in [0, 0.1) is 0 Å². The molecule has 0 unspecified atom stereocenters. The molecule has 0 bridgehead atoms. The second-order valence-corrected chi connectivity index (χ2v) is 8.15. The number of nitrogens with one attached hydrogen (secondary N) is 1. The molecule has 0 aromatic heterocycles. The van der Waals surface area contributed by atoms with E-state index in [2.05, 4.69) is 5.32 Å². The smallest absolute Gasteiger partial charge is 0.194 e. The van der Waals surface area contributed by atoms with Crippen LogP contribution in [0.25, 0.3) is 0 Å². The minimum Gasteiger partial charge on any atom is -0.508 e. The predicted octanol–water partition coefficient (Wildman–Crippen LogP) is 4.57. The standard InChI is InChI=1S/C28H25NO3/c30-24-16-14-20(15-17-24)18-23-19-32-27(29-23)25-12-7-13-26(25)28(31,21-8-3-1-4-9-21)22-10-5-2-6-11-22/h1-17,23,29-31H,18-19H2/b27-25+/t23-/m0/s1. The molecule has 160 valence electrons. The Hall–Kier alpha value is -3.76. The average Bonchev–Trinajstić information content (AvgIpc) is 3.51. The molecule has 4 heteroatoms. The number of phenols is 1. The van der Waals surface area contributed by atoms with Gasteiger partial charge in [0.2, 0.25) is 0 Å². The second kappa shape index (κ2) is 8.40. The Bertz CT molecular complexity index is 1140. The lowest BCUT2D eigenvalue weighted by molar-refractivity contribution is 0.123. The third-order valence-electron chi connectivity index (χ3n) is 6.02. The fraction of sp³-hybridized carbons (Fsp3) is 0.143. The van der Waals surface area contributed by atoms with Crippen LogP contribution in [-0.4, -0.2) is 22.9 Å². The van der Waals surface area contributed by atoms with Crippen LogP contribution in [0.2, 0.25) is 0 Å². The fourth-order valence-corrected chi connectivity index (χ4v) is 4.40. The Morgan fingerprint density at radius 3 is 2.12 bits per heavy atom. The zero-order chi connectivity index (χ0) is 22.0. The molecule has 1 aliphatic carbocycles. The maximum atomic E-state index is 12.2. The van der Waals surface area contributed by atoms with E-state index >= 15 is 0 Å². The quantitative estimate of drug-likeness (QED) is 0.563. The third kappa shape index (κ3) is 3.70. The van der Waals surface area contributed by atoms with Crippen molar-refractivity contribution in [3.63, 3.8) is 0 Å². The van der Waals surface area contributed by atoms with E-state index in [1.807, 2.05) is 91.0 Å². The summed E-state index contributed by atoms with van der Waals surface area (Å²) in [6.07, 6.45) is 6.67. The van der Waals surface area contributed by atoms with Crippen LogP contribution in [-0.2, 0) is 16.8 Å². The number of benzene rings is 3. The number of aromatic hydroxyl groups is 1. The maximum absolute atomic E-state index is 12.2. The van der Waals surface area contributed by atoms with Crippen LogP contribution in [0.15, 0.2) is 120 Å². The first-order chi connectivity index (χ1) is 15.6. The Morgan fingerprint density at radius 2 is 1.50 bits per heavy atom. The lowest BCUT2D eigenvalue weighted by atomic mass is 9.78. The summed E-state index contributed by atoms with van der Waals surface area (Å²) in [7, 11) is 0. The lowest BCUT2D eigenvalue weighted by Gasteiger charge is -2.32. The predicted molar refractivity (Wildman–Crippen MR) is 125 cm³/mol. The van der Waals surface area contributed by atoms with Crippen molar-refractivity contribution < 1.29 is 14.9 Å². The van der Waals surface area contributed by atoms with E-state index in [1.165, 1.54) is 0 Å². The molecule has 0 amide bonds. The molecule has 3 aromatic carbocycles. The summed E-state index contributed by atoms with van der Waals surface area (Å²) in [6, 6.07) is 26.8. The third-order valence-corrected chi connectivity index (χ3v) is 6.02. The van der Waals surface area contributed by atoms with E-state index in [0.717, 1.165) is 34.3 Å². The molecule has 1 fully saturated rings. The number of aliphatic hydroxyl groups is 1. The van der Waals surface area contributed by atoms with Crippen molar-refractivity contribution in [2.24, 2.45) is 0 Å². The lowest BCUT2D eigenvalue weighted by Crippen LogP contribution is -2.31. The van der Waals surface area contributed by atoms with Gasteiger partial charge in [-0.2, -0.15) is 0 Å². The SMILES string of the molecule is Oc1ccc(C[C@H]2CO/C(=C3\C=CC=C3C(O)(c3ccccc3)c3ccccc3)N2)cc1. The summed E-state index contributed by atoms with van der Waals surface area (Å²) < 4.78 is 6.06. The van der Waals surface area contributed by atoms with Crippen LogP contribution in [0.4, 0.5) is 0 Å². The number of hydrogen-bond donors (Lipinski definition) is 3. The van der Waals surface area contributed by atoms with Gasteiger partial charge >= 0.3 is 0 Å². The van der Waals surface area contributed by atoms with Crippen molar-refractivity contribution in [1.29, 1.82) is 0 Å². The topological polar surface area (TPSA) is 61.7 Å². The Morgan fingerprint density at radius 1 is 0.875 bits per heavy atom. The molecule has 4 nitrogen and oxygen atoms in total. The molecule has 5 rings (SSSR count). The summed E-state index contributed by atoms with van der Waals surface area (Å²) >= 11 is 0. The van der Waals surface area contributed by atoms with E-state index in [4.69, 9.17) is 4.74 Å². The summed E-state index contributed by atoms with van der Waals surface area (Å²) in [5.74, 6) is 0.943. The molecule has 0 spiro atoms. The fourth-order valence-electron chi connectivity index (χ4n) is 4.40. The number of ether oxygens (including phenoxy) is 1. The van der Waals surface area contributed by atoms with E-state index in [-0.39, 0.29) is 11.8 Å². The van der Waals surface area contributed by atoms with Gasteiger partial charge in [0.15, 0.2) is 5.88 Å². The first-order valence-electron chi connectivity index (χ1n) is 10.8. The van der Waals surface area contributed by atoms with Crippen molar-refractivity contribution in [2.75, 3.05) is 6.61 Å². The van der Waals surface area contributed by atoms with Crippen molar-refractivity contribution in [3.8, 4) is 5.75 Å². The van der Waals surface area contributed by atoms with E-state index in [0.29, 0.717) is 12.5 Å². The number of hydrogen-bond acceptors (Lipinski definition) is 4. The van der Waals surface area contributed by atoms with Crippen molar-refractivity contribution in [2.45, 2.75) is 18.1 Å². The first kappa shape index (κ1) is 20.2. The largest absolute Gasteiger partial charge is 0.508 e. The summed E-state index contributed by atoms with van der Waals surface area (Å²) in [6.45, 7) is 0.538. The van der Waals surface area contributed by atoms with Gasteiger partial charge in [-0.25, -0.2) is 0 Å². The Balaban J connectivity index is 1.48.